The predicted octanol–water partition coefficient (Wildman–Crippen LogP) is 10.4. The fraction of sp³-hybridized carbons (Fsp3) is 0.846. The molecule has 282 valence electrons. The van der Waals surface area contributed by atoms with Crippen LogP contribution < -0.4 is 9.79 Å². The monoisotopic (exact) mass is 698 g/mol. The Morgan fingerprint density at radius 1 is 0.521 bits per heavy atom. The highest BCUT2D eigenvalue weighted by atomic mass is 31.2. The van der Waals surface area contributed by atoms with E-state index in [-0.39, 0.29) is 19.4 Å². The van der Waals surface area contributed by atoms with E-state index in [1.165, 1.54) is 103 Å². The Hall–Kier alpha value is -1.47. The van der Waals surface area contributed by atoms with E-state index in [0.717, 1.165) is 51.4 Å². The van der Waals surface area contributed by atoms with Crippen LogP contribution in [0.4, 0.5) is 0 Å². The molecule has 0 heterocycles. The molecule has 0 radical (unpaired) electrons. The molecule has 0 amide bonds. The number of carbonyl (C=O) groups excluding carboxylic acids is 2. The Labute approximate surface area is 294 Å². The summed E-state index contributed by atoms with van der Waals surface area (Å²) in [7, 11) is -5.25. The number of hydrogen-bond donors (Lipinski definition) is 0. The van der Waals surface area contributed by atoms with Gasteiger partial charge in [0.05, 0.1) is 14.4 Å². The second kappa shape index (κ2) is 35.4. The van der Waals surface area contributed by atoms with Crippen LogP contribution in [0.5, 0.6) is 0 Å². The van der Waals surface area contributed by atoms with Gasteiger partial charge in [0, 0.05) is 12.8 Å². The summed E-state index contributed by atoms with van der Waals surface area (Å²) in [5.41, 5.74) is 0. The van der Waals surface area contributed by atoms with Gasteiger partial charge in [0.2, 0.25) is 0 Å². The molecule has 0 aromatic carbocycles. The zero-order valence-corrected chi connectivity index (χ0v) is 31.7. The highest BCUT2D eigenvalue weighted by molar-refractivity contribution is 7.43. The average Bonchev–Trinajstić information content (AvgIpc) is 3.05. The molecule has 48 heavy (non-hydrogen) atoms. The van der Waals surface area contributed by atoms with Gasteiger partial charge in [-0.2, -0.15) is 0 Å². The van der Waals surface area contributed by atoms with Gasteiger partial charge in [-0.3, -0.25) is 9.59 Å². The van der Waals surface area contributed by atoms with Gasteiger partial charge in [0.25, 0.3) is 0 Å². The maximum absolute atomic E-state index is 12.3. The van der Waals surface area contributed by atoms with E-state index in [1.807, 2.05) is 0 Å². The normalized spacial score (nSPS) is 12.7. The lowest BCUT2D eigenvalue weighted by molar-refractivity contribution is -0.343. The third-order valence-electron chi connectivity index (χ3n) is 8.43. The zero-order chi connectivity index (χ0) is 35.4. The third kappa shape index (κ3) is 37.4. The number of carbonyl (C=O) groups is 2. The van der Waals surface area contributed by atoms with Gasteiger partial charge in [-0.05, 0) is 64.2 Å². The van der Waals surface area contributed by atoms with Crippen molar-refractivity contribution in [3.8, 4) is 0 Å². The summed E-state index contributed by atoms with van der Waals surface area (Å²) in [4.78, 5) is 46.4. The van der Waals surface area contributed by atoms with Gasteiger partial charge in [-0.25, -0.2) is 0 Å². The Kier molecular flexibility index (Phi) is 34.3. The molecule has 0 rings (SSSR count). The second-order valence-corrected chi connectivity index (χ2v) is 14.4. The number of phosphoric acid groups is 1. The van der Waals surface area contributed by atoms with Crippen molar-refractivity contribution < 1.29 is 37.9 Å². The van der Waals surface area contributed by atoms with Crippen molar-refractivity contribution in [1.29, 1.82) is 0 Å². The molecule has 0 saturated heterocycles. The lowest BCUT2D eigenvalue weighted by Gasteiger charge is -2.30. The molecule has 0 aliphatic carbocycles. The maximum Gasteiger partial charge on any atom is 0.306 e. The first kappa shape index (κ1) is 46.5. The van der Waals surface area contributed by atoms with E-state index in [1.54, 1.807) is 0 Å². The summed E-state index contributed by atoms with van der Waals surface area (Å²) in [6, 6.07) is 0. The van der Waals surface area contributed by atoms with Crippen molar-refractivity contribution in [3.63, 3.8) is 0 Å². The first-order chi connectivity index (χ1) is 23.3. The SMILES string of the molecule is CCCCCC/C=C\CCCCCCCCCC(=O)OC[C@H](COP(=O)([O-])[O-])OC(=O)CCCCCCCCC/C=C\CCCCCC. The van der Waals surface area contributed by atoms with Crippen LogP contribution in [0, 0.1) is 0 Å². The largest absolute Gasteiger partial charge is 0.790 e. The molecule has 0 saturated carbocycles. The minimum atomic E-state index is -5.25. The molecule has 0 bridgehead atoms. The molecule has 0 aromatic rings. The first-order valence-corrected chi connectivity index (χ1v) is 21.1. The fourth-order valence-corrected chi connectivity index (χ4v) is 5.82. The van der Waals surface area contributed by atoms with E-state index >= 15 is 0 Å². The van der Waals surface area contributed by atoms with Crippen LogP contribution >= 0.6 is 7.82 Å². The van der Waals surface area contributed by atoms with E-state index in [2.05, 4.69) is 42.7 Å². The third-order valence-corrected chi connectivity index (χ3v) is 8.90. The predicted molar refractivity (Wildman–Crippen MR) is 193 cm³/mol. The molecule has 0 aromatic heterocycles. The number of esters is 2. The number of allylic oxidation sites excluding steroid dienone is 4. The molecular formula is C39H71O8P-2. The number of unbranched alkanes of at least 4 members (excludes halogenated alkanes) is 22. The quantitative estimate of drug-likeness (QED) is 0.0274. The summed E-state index contributed by atoms with van der Waals surface area (Å²) < 4.78 is 25.8. The molecule has 0 unspecified atom stereocenters. The molecule has 0 aliphatic rings. The Morgan fingerprint density at radius 2 is 0.875 bits per heavy atom. The number of phosphoric ester groups is 1. The summed E-state index contributed by atoms with van der Waals surface area (Å²) >= 11 is 0. The molecule has 0 spiro atoms. The average molecular weight is 699 g/mol. The van der Waals surface area contributed by atoms with Crippen LogP contribution in [0.1, 0.15) is 194 Å². The van der Waals surface area contributed by atoms with Gasteiger partial charge in [-0.15, -0.1) is 0 Å². The van der Waals surface area contributed by atoms with Crippen molar-refractivity contribution >= 4 is 19.8 Å². The van der Waals surface area contributed by atoms with Gasteiger partial charge >= 0.3 is 11.9 Å². The highest BCUT2D eigenvalue weighted by Gasteiger charge is 2.18. The number of hydrogen-bond acceptors (Lipinski definition) is 8. The van der Waals surface area contributed by atoms with Gasteiger partial charge in [0.15, 0.2) is 6.10 Å². The number of ether oxygens (including phenoxy) is 2. The summed E-state index contributed by atoms with van der Waals surface area (Å²) in [5.74, 6) is -0.963. The molecular weight excluding hydrogens is 627 g/mol. The van der Waals surface area contributed by atoms with E-state index < -0.39 is 32.5 Å². The highest BCUT2D eigenvalue weighted by Crippen LogP contribution is 2.25. The Morgan fingerprint density at radius 3 is 1.27 bits per heavy atom. The zero-order valence-electron chi connectivity index (χ0n) is 30.8. The first-order valence-electron chi connectivity index (χ1n) is 19.6. The van der Waals surface area contributed by atoms with Crippen molar-refractivity contribution in [1.82, 2.24) is 0 Å². The summed E-state index contributed by atoms with van der Waals surface area (Å²) in [6.45, 7) is 3.46. The molecule has 0 N–H and O–H groups in total. The van der Waals surface area contributed by atoms with E-state index in [4.69, 9.17) is 9.47 Å². The van der Waals surface area contributed by atoms with Crippen LogP contribution in [0.15, 0.2) is 24.3 Å². The van der Waals surface area contributed by atoms with Gasteiger partial charge < -0.3 is 28.3 Å². The van der Waals surface area contributed by atoms with E-state index in [0.29, 0.717) is 12.8 Å². The van der Waals surface area contributed by atoms with Crippen molar-refractivity contribution in [2.75, 3.05) is 13.2 Å². The minimum Gasteiger partial charge on any atom is -0.790 e. The van der Waals surface area contributed by atoms with Crippen LogP contribution in [0.2, 0.25) is 0 Å². The molecule has 0 fully saturated rings. The van der Waals surface area contributed by atoms with Gasteiger partial charge in [0.1, 0.15) is 6.61 Å². The molecule has 1 atom stereocenters. The molecule has 8 nitrogen and oxygen atoms in total. The molecule has 9 heteroatoms. The van der Waals surface area contributed by atoms with Crippen molar-refractivity contribution in [2.24, 2.45) is 0 Å². The van der Waals surface area contributed by atoms with Crippen LogP contribution in [0.25, 0.3) is 0 Å². The smallest absolute Gasteiger partial charge is 0.306 e. The lowest BCUT2D eigenvalue weighted by atomic mass is 10.1. The Bertz CT molecular complexity index is 838. The number of rotatable bonds is 36. The summed E-state index contributed by atoms with van der Waals surface area (Å²) in [5, 5.41) is 0. The van der Waals surface area contributed by atoms with Crippen molar-refractivity contribution in [2.45, 2.75) is 200 Å². The standard InChI is InChI=1S/C39H73O8P/c1-3-5-7-9-11-13-15-17-19-21-23-25-27-29-31-33-38(40)45-35-37(36-46-48(42,43)44)47-39(41)34-32-30-28-26-24-22-20-18-16-14-12-10-8-6-4-2/h13-16,37H,3-12,17-36H2,1-2H3,(H2,42,43,44)/p-2/b15-13-,16-14-/t37-/m1/s1. The van der Waals surface area contributed by atoms with Gasteiger partial charge in [-0.1, -0.05) is 141 Å². The van der Waals surface area contributed by atoms with E-state index in [9.17, 15) is 23.9 Å². The Balaban J connectivity index is 3.95. The minimum absolute atomic E-state index is 0.176. The van der Waals surface area contributed by atoms with Crippen LogP contribution in [0.3, 0.4) is 0 Å². The lowest BCUT2D eigenvalue weighted by Crippen LogP contribution is -2.31. The van der Waals surface area contributed by atoms with Crippen LogP contribution in [-0.2, 0) is 28.2 Å². The van der Waals surface area contributed by atoms with Crippen molar-refractivity contribution in [3.05, 3.63) is 24.3 Å². The fourth-order valence-electron chi connectivity index (χ4n) is 5.47. The maximum atomic E-state index is 12.3. The summed E-state index contributed by atoms with van der Waals surface area (Å²) in [6.07, 6.45) is 38.5. The topological polar surface area (TPSA) is 125 Å². The molecule has 0 aliphatic heterocycles. The second-order valence-electron chi connectivity index (χ2n) is 13.2. The van der Waals surface area contributed by atoms with Crippen LogP contribution in [-0.4, -0.2) is 31.3 Å².